The Bertz CT molecular complexity index is 1360. The highest BCUT2D eigenvalue weighted by molar-refractivity contribution is 5.94. The molecule has 1 aliphatic heterocycles. The molecule has 3 heterocycles. The van der Waals surface area contributed by atoms with Crippen molar-refractivity contribution in [2.24, 2.45) is 0 Å². The SMILES string of the molecule is CNc1ncnc2c1ccn2C(=O)N(C)CCN(C)C(=O)OCc1ccccc1O[C@H]1C[C@@H](O)C[C@@H](C(=O)O)O1. The molecule has 0 saturated carbocycles. The number of hydrogen-bond acceptors (Lipinski definition) is 10. The summed E-state index contributed by atoms with van der Waals surface area (Å²) in [6, 6.07) is 8.24. The Morgan fingerprint density at radius 2 is 1.88 bits per heavy atom. The summed E-state index contributed by atoms with van der Waals surface area (Å²) in [5.74, 6) is -0.221. The molecule has 0 aliphatic carbocycles. The van der Waals surface area contributed by atoms with E-state index in [1.165, 1.54) is 20.7 Å². The lowest BCUT2D eigenvalue weighted by Gasteiger charge is -2.31. The van der Waals surface area contributed by atoms with E-state index in [4.69, 9.17) is 14.2 Å². The van der Waals surface area contributed by atoms with Crippen molar-refractivity contribution in [2.75, 3.05) is 39.5 Å². The fourth-order valence-electron chi connectivity index (χ4n) is 4.20. The van der Waals surface area contributed by atoms with Gasteiger partial charge < -0.3 is 39.5 Å². The monoisotopic (exact) mass is 556 g/mol. The molecule has 2 amide bonds. The Kier molecular flexibility index (Phi) is 9.01. The van der Waals surface area contributed by atoms with Crippen molar-refractivity contribution in [3.8, 4) is 5.75 Å². The van der Waals surface area contributed by atoms with E-state index in [0.717, 1.165) is 0 Å². The van der Waals surface area contributed by atoms with Gasteiger partial charge in [0.1, 0.15) is 24.5 Å². The molecule has 3 atom stereocenters. The number of amides is 2. The third-order valence-electron chi connectivity index (χ3n) is 6.46. The zero-order chi connectivity index (χ0) is 28.8. The fourth-order valence-corrected chi connectivity index (χ4v) is 4.20. The second-order valence-corrected chi connectivity index (χ2v) is 9.32. The van der Waals surface area contributed by atoms with Gasteiger partial charge >= 0.3 is 18.1 Å². The van der Waals surface area contributed by atoms with E-state index in [1.807, 2.05) is 0 Å². The molecule has 0 bridgehead atoms. The van der Waals surface area contributed by atoms with Gasteiger partial charge in [-0.1, -0.05) is 18.2 Å². The minimum atomic E-state index is -1.18. The van der Waals surface area contributed by atoms with Crippen LogP contribution in [0.1, 0.15) is 18.4 Å². The smallest absolute Gasteiger partial charge is 0.409 e. The number of para-hydroxylation sites is 1. The van der Waals surface area contributed by atoms with Gasteiger partial charge in [0.05, 0.1) is 11.5 Å². The maximum Gasteiger partial charge on any atom is 0.409 e. The number of hydrogen-bond donors (Lipinski definition) is 3. The van der Waals surface area contributed by atoms with Crippen LogP contribution in [0.15, 0.2) is 42.9 Å². The number of carbonyl (C=O) groups is 3. The first kappa shape index (κ1) is 28.6. The van der Waals surface area contributed by atoms with Crippen LogP contribution in [0.5, 0.6) is 5.75 Å². The highest BCUT2D eigenvalue weighted by Crippen LogP contribution is 2.26. The van der Waals surface area contributed by atoms with Crippen LogP contribution in [0.4, 0.5) is 15.4 Å². The molecule has 1 aliphatic rings. The van der Waals surface area contributed by atoms with E-state index >= 15 is 0 Å². The van der Waals surface area contributed by atoms with Crippen molar-refractivity contribution in [1.82, 2.24) is 24.3 Å². The third kappa shape index (κ3) is 6.58. The highest BCUT2D eigenvalue weighted by Gasteiger charge is 2.34. The maximum atomic E-state index is 13.0. The number of carboxylic acid groups (broad SMARTS) is 1. The predicted molar refractivity (Wildman–Crippen MR) is 142 cm³/mol. The average molecular weight is 557 g/mol. The number of nitrogens with zero attached hydrogens (tertiary/aromatic N) is 5. The Labute approximate surface area is 230 Å². The van der Waals surface area contributed by atoms with Crippen molar-refractivity contribution in [2.45, 2.75) is 37.9 Å². The average Bonchev–Trinajstić information content (AvgIpc) is 3.38. The van der Waals surface area contributed by atoms with Crippen molar-refractivity contribution >= 4 is 34.9 Å². The number of carboxylic acids is 1. The van der Waals surface area contributed by atoms with Crippen LogP contribution >= 0.6 is 0 Å². The van der Waals surface area contributed by atoms with Crippen LogP contribution in [0, 0.1) is 0 Å². The topological polar surface area (TPSA) is 169 Å². The van der Waals surface area contributed by atoms with Crippen LogP contribution in [0.3, 0.4) is 0 Å². The summed E-state index contributed by atoms with van der Waals surface area (Å²) in [6.07, 6.45) is -0.535. The normalized spacial score (nSPS) is 18.6. The molecular weight excluding hydrogens is 524 g/mol. The van der Waals surface area contributed by atoms with Crippen LogP contribution in [-0.4, -0.2) is 105 Å². The largest absolute Gasteiger partial charge is 0.479 e. The van der Waals surface area contributed by atoms with Gasteiger partial charge in [0.15, 0.2) is 11.8 Å². The first-order valence-corrected chi connectivity index (χ1v) is 12.6. The molecule has 2 aromatic heterocycles. The second kappa shape index (κ2) is 12.6. The molecular formula is C26H32N6O8. The Balaban J connectivity index is 1.30. The first-order chi connectivity index (χ1) is 19.2. The molecule has 1 saturated heterocycles. The molecule has 0 unspecified atom stereocenters. The minimum absolute atomic E-state index is 0.0186. The molecule has 3 aromatic rings. The Morgan fingerprint density at radius 3 is 2.62 bits per heavy atom. The lowest BCUT2D eigenvalue weighted by Crippen LogP contribution is -2.42. The molecule has 4 rings (SSSR count). The van der Waals surface area contributed by atoms with Gasteiger partial charge in [-0.15, -0.1) is 0 Å². The molecule has 1 fully saturated rings. The van der Waals surface area contributed by atoms with E-state index in [2.05, 4.69) is 15.3 Å². The number of nitrogens with one attached hydrogen (secondary N) is 1. The number of aliphatic carboxylic acids is 1. The number of aliphatic hydroxyl groups excluding tert-OH is 1. The Hall–Kier alpha value is -4.43. The number of carbonyl (C=O) groups excluding carboxylic acids is 2. The van der Waals surface area contributed by atoms with Gasteiger partial charge in [0.2, 0.25) is 6.29 Å². The Morgan fingerprint density at radius 1 is 1.12 bits per heavy atom. The molecule has 3 N–H and O–H groups in total. The van der Waals surface area contributed by atoms with Gasteiger partial charge in [-0.05, 0) is 12.1 Å². The minimum Gasteiger partial charge on any atom is -0.479 e. The molecule has 214 valence electrons. The van der Waals surface area contributed by atoms with Gasteiger partial charge in [0.25, 0.3) is 0 Å². The van der Waals surface area contributed by atoms with E-state index in [9.17, 15) is 24.6 Å². The van der Waals surface area contributed by atoms with Gasteiger partial charge in [0, 0.05) is 58.8 Å². The van der Waals surface area contributed by atoms with E-state index in [0.29, 0.717) is 28.2 Å². The van der Waals surface area contributed by atoms with Crippen LogP contribution in [-0.2, 0) is 20.9 Å². The first-order valence-electron chi connectivity index (χ1n) is 12.6. The van der Waals surface area contributed by atoms with Gasteiger partial charge in [-0.3, -0.25) is 4.57 Å². The van der Waals surface area contributed by atoms with Crippen LogP contribution < -0.4 is 10.1 Å². The zero-order valence-electron chi connectivity index (χ0n) is 22.4. The molecule has 40 heavy (non-hydrogen) atoms. The zero-order valence-corrected chi connectivity index (χ0v) is 22.4. The molecule has 14 nitrogen and oxygen atoms in total. The van der Waals surface area contributed by atoms with E-state index < -0.39 is 30.6 Å². The number of aliphatic hydroxyl groups is 1. The summed E-state index contributed by atoms with van der Waals surface area (Å²) < 4.78 is 18.1. The second-order valence-electron chi connectivity index (χ2n) is 9.32. The molecule has 0 spiro atoms. The van der Waals surface area contributed by atoms with Crippen molar-refractivity contribution in [3.05, 3.63) is 48.4 Å². The number of anilines is 1. The summed E-state index contributed by atoms with van der Waals surface area (Å²) in [7, 11) is 4.92. The summed E-state index contributed by atoms with van der Waals surface area (Å²) in [5, 5.41) is 22.9. The van der Waals surface area contributed by atoms with Crippen molar-refractivity contribution in [3.63, 3.8) is 0 Å². The van der Waals surface area contributed by atoms with Crippen molar-refractivity contribution < 1.29 is 38.8 Å². The summed E-state index contributed by atoms with van der Waals surface area (Å²) in [6.45, 7) is 0.327. The number of rotatable bonds is 9. The van der Waals surface area contributed by atoms with Crippen LogP contribution in [0.25, 0.3) is 11.0 Å². The summed E-state index contributed by atoms with van der Waals surface area (Å²) in [5.41, 5.74) is 1.01. The standard InChI is InChI=1S/C26H32N6O8/c1-27-22-18-8-9-32(23(18)29-15-28-22)25(36)30(2)10-11-31(3)26(37)38-14-16-6-4-5-7-19(16)39-21-13-17(33)12-20(40-21)24(34)35/h4-9,15,17,20-21,33H,10-14H2,1-3H3,(H,34,35)(H,27,28,29)/t17-,20-,21+/m0/s1. The third-order valence-corrected chi connectivity index (χ3v) is 6.46. The fraction of sp³-hybridized carbons (Fsp3) is 0.423. The number of ether oxygens (including phenoxy) is 3. The lowest BCUT2D eigenvalue weighted by molar-refractivity contribution is -0.195. The van der Waals surface area contributed by atoms with Gasteiger partial charge in [-0.25, -0.2) is 24.4 Å². The van der Waals surface area contributed by atoms with Gasteiger partial charge in [-0.2, -0.15) is 0 Å². The molecule has 1 aromatic carbocycles. The van der Waals surface area contributed by atoms with E-state index in [-0.39, 0.29) is 38.6 Å². The van der Waals surface area contributed by atoms with E-state index in [1.54, 1.807) is 57.7 Å². The number of benzene rings is 1. The summed E-state index contributed by atoms with van der Waals surface area (Å²) >= 11 is 0. The van der Waals surface area contributed by atoms with Crippen molar-refractivity contribution in [1.29, 1.82) is 0 Å². The number of aromatic nitrogens is 3. The number of likely N-dealkylation sites (N-methyl/N-ethyl adjacent to an activating group) is 2. The number of fused-ring (bicyclic) bond motifs is 1. The highest BCUT2D eigenvalue weighted by atomic mass is 16.7. The summed E-state index contributed by atoms with van der Waals surface area (Å²) in [4.78, 5) is 48.1. The quantitative estimate of drug-likeness (QED) is 0.352. The van der Waals surface area contributed by atoms with Crippen LogP contribution in [0.2, 0.25) is 0 Å². The maximum absolute atomic E-state index is 13.0. The predicted octanol–water partition coefficient (Wildman–Crippen LogP) is 1.97. The molecule has 14 heteroatoms. The molecule has 0 radical (unpaired) electrons. The lowest BCUT2D eigenvalue weighted by atomic mass is 10.1.